The molecule has 0 amide bonds. The molecule has 0 radical (unpaired) electrons. The summed E-state index contributed by atoms with van der Waals surface area (Å²) in [7, 11) is 2.10. The highest BCUT2D eigenvalue weighted by Gasteiger charge is 2.31. The van der Waals surface area contributed by atoms with Crippen molar-refractivity contribution in [2.75, 3.05) is 12.8 Å². The van der Waals surface area contributed by atoms with Crippen molar-refractivity contribution in [1.82, 2.24) is 5.32 Å². The maximum atomic E-state index is 3.52. The van der Waals surface area contributed by atoms with Crippen LogP contribution in [0.4, 0.5) is 0 Å². The lowest BCUT2D eigenvalue weighted by Crippen LogP contribution is -2.37. The first-order valence-corrected chi connectivity index (χ1v) is 7.15. The second-order valence-corrected chi connectivity index (χ2v) is 5.72. The van der Waals surface area contributed by atoms with Gasteiger partial charge in [0.1, 0.15) is 0 Å². The van der Waals surface area contributed by atoms with E-state index >= 15 is 0 Å². The summed E-state index contributed by atoms with van der Waals surface area (Å²) in [6, 6.07) is 9.48. The SMILES string of the molecule is CCC(C)C(NC)C1CSc2ccccc21. The lowest BCUT2D eigenvalue weighted by molar-refractivity contribution is 0.349. The Morgan fingerprint density at radius 1 is 1.44 bits per heavy atom. The van der Waals surface area contributed by atoms with Crippen molar-refractivity contribution in [1.29, 1.82) is 0 Å². The summed E-state index contributed by atoms with van der Waals surface area (Å²) in [6.45, 7) is 4.63. The molecular weight excluding hydrogens is 214 g/mol. The van der Waals surface area contributed by atoms with Gasteiger partial charge in [-0.15, -0.1) is 11.8 Å². The van der Waals surface area contributed by atoms with Gasteiger partial charge in [0.2, 0.25) is 0 Å². The standard InChI is InChI=1S/C14H21NS/c1-4-10(2)14(15-3)12-9-16-13-8-6-5-7-11(12)13/h5-8,10,12,14-15H,4,9H2,1-3H3. The van der Waals surface area contributed by atoms with Crippen LogP contribution in [0.15, 0.2) is 29.2 Å². The Morgan fingerprint density at radius 3 is 2.88 bits per heavy atom. The van der Waals surface area contributed by atoms with E-state index in [0.29, 0.717) is 12.0 Å². The molecule has 0 saturated carbocycles. The van der Waals surface area contributed by atoms with Crippen LogP contribution in [0, 0.1) is 5.92 Å². The molecule has 1 aromatic carbocycles. The van der Waals surface area contributed by atoms with Gasteiger partial charge in [0, 0.05) is 22.6 Å². The summed E-state index contributed by atoms with van der Waals surface area (Å²) >= 11 is 2.01. The maximum Gasteiger partial charge on any atom is 0.0167 e. The van der Waals surface area contributed by atoms with E-state index in [1.807, 2.05) is 11.8 Å². The van der Waals surface area contributed by atoms with Gasteiger partial charge in [-0.3, -0.25) is 0 Å². The lowest BCUT2D eigenvalue weighted by atomic mass is 9.84. The predicted octanol–water partition coefficient (Wildman–Crippen LogP) is 3.51. The van der Waals surface area contributed by atoms with Crippen molar-refractivity contribution in [3.63, 3.8) is 0 Å². The van der Waals surface area contributed by atoms with Crippen LogP contribution in [-0.4, -0.2) is 18.8 Å². The number of fused-ring (bicyclic) bond motifs is 1. The normalized spacial score (nSPS) is 22.8. The Labute approximate surface area is 103 Å². The topological polar surface area (TPSA) is 12.0 Å². The summed E-state index contributed by atoms with van der Waals surface area (Å²) in [5.74, 6) is 2.65. The summed E-state index contributed by atoms with van der Waals surface area (Å²) in [5, 5.41) is 3.52. The second-order valence-electron chi connectivity index (χ2n) is 4.66. The molecule has 0 fully saturated rings. The Hall–Kier alpha value is -0.470. The van der Waals surface area contributed by atoms with E-state index < -0.39 is 0 Å². The van der Waals surface area contributed by atoms with Crippen molar-refractivity contribution in [2.24, 2.45) is 5.92 Å². The summed E-state index contributed by atoms with van der Waals surface area (Å²) < 4.78 is 0. The molecule has 0 saturated heterocycles. The summed E-state index contributed by atoms with van der Waals surface area (Å²) in [6.07, 6.45) is 1.24. The molecule has 0 spiro atoms. The number of thioether (sulfide) groups is 1. The molecular formula is C14H21NS. The average molecular weight is 235 g/mol. The van der Waals surface area contributed by atoms with Gasteiger partial charge in [-0.2, -0.15) is 0 Å². The Kier molecular flexibility index (Phi) is 3.93. The Morgan fingerprint density at radius 2 is 2.19 bits per heavy atom. The van der Waals surface area contributed by atoms with E-state index in [-0.39, 0.29) is 0 Å². The van der Waals surface area contributed by atoms with E-state index in [9.17, 15) is 0 Å². The minimum atomic E-state index is 0.612. The fourth-order valence-corrected chi connectivity index (χ4v) is 3.93. The first kappa shape index (κ1) is 12.0. The minimum Gasteiger partial charge on any atom is -0.316 e. The van der Waals surface area contributed by atoms with Crippen molar-refractivity contribution in [3.8, 4) is 0 Å². The molecule has 1 aromatic rings. The molecule has 1 heterocycles. The molecule has 3 unspecified atom stereocenters. The monoisotopic (exact) mass is 235 g/mol. The van der Waals surface area contributed by atoms with Crippen LogP contribution < -0.4 is 5.32 Å². The van der Waals surface area contributed by atoms with Gasteiger partial charge in [-0.25, -0.2) is 0 Å². The van der Waals surface area contributed by atoms with Crippen LogP contribution >= 0.6 is 11.8 Å². The predicted molar refractivity (Wildman–Crippen MR) is 72.2 cm³/mol. The molecule has 1 aliphatic heterocycles. The first-order valence-electron chi connectivity index (χ1n) is 6.17. The number of hydrogen-bond acceptors (Lipinski definition) is 2. The zero-order valence-electron chi connectivity index (χ0n) is 10.4. The molecule has 1 N–H and O–H groups in total. The van der Waals surface area contributed by atoms with Crippen LogP contribution in [0.2, 0.25) is 0 Å². The quantitative estimate of drug-likeness (QED) is 0.857. The Bertz CT molecular complexity index is 350. The third-order valence-corrected chi connectivity index (χ3v) is 4.97. The highest BCUT2D eigenvalue weighted by molar-refractivity contribution is 7.99. The number of likely N-dealkylation sites (N-methyl/N-ethyl adjacent to an activating group) is 1. The van der Waals surface area contributed by atoms with Gasteiger partial charge in [-0.1, -0.05) is 38.5 Å². The summed E-state index contributed by atoms with van der Waals surface area (Å²) in [5.41, 5.74) is 1.55. The molecule has 3 atom stereocenters. The zero-order valence-corrected chi connectivity index (χ0v) is 11.2. The second kappa shape index (κ2) is 5.24. The van der Waals surface area contributed by atoms with Crippen molar-refractivity contribution < 1.29 is 0 Å². The van der Waals surface area contributed by atoms with E-state index in [0.717, 1.165) is 5.92 Å². The fraction of sp³-hybridized carbons (Fsp3) is 0.571. The van der Waals surface area contributed by atoms with E-state index in [2.05, 4.69) is 50.5 Å². The van der Waals surface area contributed by atoms with E-state index in [4.69, 9.17) is 0 Å². The molecule has 88 valence electrons. The molecule has 1 nitrogen and oxygen atoms in total. The summed E-state index contributed by atoms with van der Waals surface area (Å²) in [4.78, 5) is 1.48. The Balaban J connectivity index is 2.23. The zero-order chi connectivity index (χ0) is 11.5. The molecule has 2 rings (SSSR count). The minimum absolute atomic E-state index is 0.612. The van der Waals surface area contributed by atoms with Crippen molar-refractivity contribution in [3.05, 3.63) is 29.8 Å². The van der Waals surface area contributed by atoms with Gasteiger partial charge in [0.05, 0.1) is 0 Å². The third-order valence-electron chi connectivity index (χ3n) is 3.76. The number of hydrogen-bond donors (Lipinski definition) is 1. The fourth-order valence-electron chi connectivity index (χ4n) is 2.62. The average Bonchev–Trinajstić information content (AvgIpc) is 2.74. The maximum absolute atomic E-state index is 3.52. The van der Waals surface area contributed by atoms with Crippen molar-refractivity contribution >= 4 is 11.8 Å². The lowest BCUT2D eigenvalue weighted by Gasteiger charge is -2.28. The van der Waals surface area contributed by atoms with Crippen LogP contribution in [-0.2, 0) is 0 Å². The largest absolute Gasteiger partial charge is 0.316 e. The third kappa shape index (κ3) is 2.14. The highest BCUT2D eigenvalue weighted by atomic mass is 32.2. The van der Waals surface area contributed by atoms with Crippen molar-refractivity contribution in [2.45, 2.75) is 37.1 Å². The molecule has 2 heteroatoms. The highest BCUT2D eigenvalue weighted by Crippen LogP contribution is 2.42. The van der Waals surface area contributed by atoms with Gasteiger partial charge in [0.25, 0.3) is 0 Å². The number of rotatable bonds is 4. The molecule has 1 aliphatic rings. The van der Waals surface area contributed by atoms with E-state index in [1.165, 1.54) is 17.1 Å². The van der Waals surface area contributed by atoms with Crippen LogP contribution in [0.3, 0.4) is 0 Å². The van der Waals surface area contributed by atoms with Gasteiger partial charge < -0.3 is 5.32 Å². The molecule has 0 aliphatic carbocycles. The van der Waals surface area contributed by atoms with Crippen LogP contribution in [0.5, 0.6) is 0 Å². The van der Waals surface area contributed by atoms with Crippen LogP contribution in [0.1, 0.15) is 31.7 Å². The molecule has 16 heavy (non-hydrogen) atoms. The molecule has 0 bridgehead atoms. The van der Waals surface area contributed by atoms with Gasteiger partial charge >= 0.3 is 0 Å². The van der Waals surface area contributed by atoms with E-state index in [1.54, 1.807) is 5.56 Å². The van der Waals surface area contributed by atoms with Crippen LogP contribution in [0.25, 0.3) is 0 Å². The molecule has 0 aromatic heterocycles. The number of nitrogens with one attached hydrogen (secondary N) is 1. The smallest absolute Gasteiger partial charge is 0.0167 e. The van der Waals surface area contributed by atoms with Gasteiger partial charge in [-0.05, 0) is 24.6 Å². The number of benzene rings is 1. The van der Waals surface area contributed by atoms with Gasteiger partial charge in [0.15, 0.2) is 0 Å². The first-order chi connectivity index (χ1) is 7.77.